The van der Waals surface area contributed by atoms with Crippen LogP contribution in [0.15, 0.2) is 55.1 Å². The number of fused-ring (bicyclic) bond motifs is 1. The lowest BCUT2D eigenvalue weighted by Gasteiger charge is -2.06. The number of benzene rings is 1. The van der Waals surface area contributed by atoms with E-state index in [4.69, 9.17) is 0 Å². The third kappa shape index (κ3) is 2.96. The first kappa shape index (κ1) is 15.3. The van der Waals surface area contributed by atoms with Crippen LogP contribution in [-0.2, 0) is 6.54 Å². The fraction of sp³-hybridized carbons (Fsp3) is 0.0556. The third-order valence-electron chi connectivity index (χ3n) is 3.86. The summed E-state index contributed by atoms with van der Waals surface area (Å²) < 4.78 is 41.4. The van der Waals surface area contributed by atoms with Gasteiger partial charge < -0.3 is 4.57 Å². The smallest absolute Gasteiger partial charge is 0.159 e. The van der Waals surface area contributed by atoms with Crippen molar-refractivity contribution in [2.24, 2.45) is 0 Å². The molecule has 3 heterocycles. The highest BCUT2D eigenvalue weighted by Crippen LogP contribution is 2.25. The maximum Gasteiger partial charge on any atom is 0.159 e. The van der Waals surface area contributed by atoms with E-state index < -0.39 is 17.5 Å². The Morgan fingerprint density at radius 2 is 1.60 bits per heavy atom. The third-order valence-corrected chi connectivity index (χ3v) is 3.86. The van der Waals surface area contributed by atoms with Crippen molar-refractivity contribution in [3.05, 3.63) is 78.4 Å². The Kier molecular flexibility index (Phi) is 3.68. The van der Waals surface area contributed by atoms with Gasteiger partial charge in [0.25, 0.3) is 0 Å². The molecule has 3 aromatic heterocycles. The minimum absolute atomic E-state index is 0.340. The molecule has 0 saturated heterocycles. The van der Waals surface area contributed by atoms with Crippen LogP contribution in [0.2, 0.25) is 0 Å². The number of hydrogen-bond acceptors (Lipinski definition) is 3. The molecule has 0 aliphatic carbocycles. The summed E-state index contributed by atoms with van der Waals surface area (Å²) in [6, 6.07) is 7.37. The van der Waals surface area contributed by atoms with E-state index >= 15 is 0 Å². The highest BCUT2D eigenvalue weighted by Gasteiger charge is 2.09. The van der Waals surface area contributed by atoms with Crippen LogP contribution in [0.25, 0.3) is 22.2 Å². The van der Waals surface area contributed by atoms with Gasteiger partial charge in [-0.2, -0.15) is 0 Å². The molecule has 4 rings (SSSR count). The second-order valence-electron chi connectivity index (χ2n) is 5.52. The largest absolute Gasteiger partial charge is 0.338 e. The molecule has 0 unspecified atom stereocenters. The summed E-state index contributed by atoms with van der Waals surface area (Å²) in [5.74, 6) is -1.84. The van der Waals surface area contributed by atoms with Crippen molar-refractivity contribution in [1.29, 1.82) is 0 Å². The lowest BCUT2D eigenvalue weighted by Crippen LogP contribution is -2.03. The summed E-state index contributed by atoms with van der Waals surface area (Å²) in [6.07, 6.45) is 5.64. The minimum atomic E-state index is -0.910. The summed E-state index contributed by atoms with van der Waals surface area (Å²) >= 11 is 0. The van der Waals surface area contributed by atoms with Crippen LogP contribution >= 0.6 is 0 Å². The molecule has 0 amide bonds. The Balaban J connectivity index is 1.74. The summed E-state index contributed by atoms with van der Waals surface area (Å²) in [5, 5.41) is 0. The molecule has 0 spiro atoms. The van der Waals surface area contributed by atoms with Crippen LogP contribution in [-0.4, -0.2) is 19.5 Å². The molecule has 0 fully saturated rings. The summed E-state index contributed by atoms with van der Waals surface area (Å²) in [5.41, 5.74) is 2.72. The highest BCUT2D eigenvalue weighted by molar-refractivity contribution is 5.81. The molecular weight excluding hydrogens is 329 g/mol. The van der Waals surface area contributed by atoms with Gasteiger partial charge in [0, 0.05) is 18.0 Å². The van der Waals surface area contributed by atoms with Crippen LogP contribution < -0.4 is 0 Å². The van der Waals surface area contributed by atoms with Crippen molar-refractivity contribution in [2.75, 3.05) is 0 Å². The molecule has 124 valence electrons. The average Bonchev–Trinajstić information content (AvgIpc) is 3.01. The van der Waals surface area contributed by atoms with E-state index in [1.807, 2.05) is 22.9 Å². The van der Waals surface area contributed by atoms with E-state index in [0.717, 1.165) is 35.6 Å². The number of nitrogens with zero attached hydrogens (tertiary/aromatic N) is 4. The lowest BCUT2D eigenvalue weighted by molar-refractivity contribution is 0.509. The van der Waals surface area contributed by atoms with E-state index in [1.54, 1.807) is 6.20 Å². The normalized spacial score (nSPS) is 11.2. The first-order valence-electron chi connectivity index (χ1n) is 7.47. The number of halogens is 3. The number of aromatic nitrogens is 4. The second-order valence-corrected chi connectivity index (χ2v) is 5.52. The molecule has 25 heavy (non-hydrogen) atoms. The van der Waals surface area contributed by atoms with Crippen molar-refractivity contribution in [2.45, 2.75) is 6.54 Å². The van der Waals surface area contributed by atoms with E-state index in [9.17, 15) is 13.2 Å². The average molecular weight is 340 g/mol. The molecule has 0 aliphatic rings. The van der Waals surface area contributed by atoms with Gasteiger partial charge in [-0.15, -0.1) is 0 Å². The molecular formula is C18H11F3N4. The van der Waals surface area contributed by atoms with Gasteiger partial charge in [-0.1, -0.05) is 6.07 Å². The van der Waals surface area contributed by atoms with Crippen molar-refractivity contribution in [3.63, 3.8) is 0 Å². The zero-order chi connectivity index (χ0) is 17.4. The van der Waals surface area contributed by atoms with Gasteiger partial charge in [-0.05, 0) is 29.8 Å². The zero-order valence-corrected chi connectivity index (χ0v) is 12.8. The van der Waals surface area contributed by atoms with Gasteiger partial charge in [0.1, 0.15) is 5.82 Å². The molecule has 1 aromatic carbocycles. The van der Waals surface area contributed by atoms with Gasteiger partial charge in [0.2, 0.25) is 0 Å². The second kappa shape index (κ2) is 6.01. The van der Waals surface area contributed by atoms with Crippen molar-refractivity contribution in [1.82, 2.24) is 19.5 Å². The Bertz CT molecular complexity index is 1060. The molecule has 0 aliphatic heterocycles. The Morgan fingerprint density at radius 3 is 2.36 bits per heavy atom. The maximum absolute atomic E-state index is 13.5. The number of rotatable bonds is 3. The standard InChI is InChI=1S/C18H11F3N4/c19-13-8-23-18(24-9-13)10-25-4-3-16-17(25)6-12(7-22-16)11-1-2-14(20)15(21)5-11/h1-9H,10H2. The molecule has 0 radical (unpaired) electrons. The van der Waals surface area contributed by atoms with Crippen molar-refractivity contribution >= 4 is 11.0 Å². The van der Waals surface area contributed by atoms with Gasteiger partial charge in [0.05, 0.1) is 30.0 Å². The first-order chi connectivity index (χ1) is 12.1. The predicted molar refractivity (Wildman–Crippen MR) is 86.2 cm³/mol. The summed E-state index contributed by atoms with van der Waals surface area (Å²) in [6.45, 7) is 0.340. The van der Waals surface area contributed by atoms with Gasteiger partial charge >= 0.3 is 0 Å². The topological polar surface area (TPSA) is 43.6 Å². The SMILES string of the molecule is Fc1cnc(Cn2ccc3ncc(-c4ccc(F)c(F)c4)cc32)nc1. The van der Waals surface area contributed by atoms with Crippen LogP contribution in [0.5, 0.6) is 0 Å². The van der Waals surface area contributed by atoms with Crippen LogP contribution in [0.4, 0.5) is 13.2 Å². The Hall–Kier alpha value is -3.22. The van der Waals surface area contributed by atoms with Crippen LogP contribution in [0.1, 0.15) is 5.82 Å². The van der Waals surface area contributed by atoms with E-state index in [1.165, 1.54) is 6.07 Å². The molecule has 0 atom stereocenters. The van der Waals surface area contributed by atoms with E-state index in [-0.39, 0.29) is 0 Å². The van der Waals surface area contributed by atoms with Crippen molar-refractivity contribution in [3.8, 4) is 11.1 Å². The minimum Gasteiger partial charge on any atom is -0.338 e. The van der Waals surface area contributed by atoms with E-state index in [2.05, 4.69) is 15.0 Å². The molecule has 0 saturated carbocycles. The fourth-order valence-corrected chi connectivity index (χ4v) is 2.61. The fourth-order valence-electron chi connectivity index (χ4n) is 2.61. The first-order valence-corrected chi connectivity index (χ1v) is 7.47. The van der Waals surface area contributed by atoms with Gasteiger partial charge in [-0.25, -0.2) is 23.1 Å². The molecule has 4 nitrogen and oxygen atoms in total. The molecule has 0 bridgehead atoms. The Labute approximate surface area is 140 Å². The van der Waals surface area contributed by atoms with Crippen LogP contribution in [0, 0.1) is 17.5 Å². The lowest BCUT2D eigenvalue weighted by atomic mass is 10.1. The predicted octanol–water partition coefficient (Wildman–Crippen LogP) is 3.96. The number of pyridine rings is 1. The zero-order valence-electron chi connectivity index (χ0n) is 12.8. The molecule has 4 aromatic rings. The summed E-state index contributed by atoms with van der Waals surface area (Å²) in [4.78, 5) is 12.2. The van der Waals surface area contributed by atoms with E-state index in [0.29, 0.717) is 23.5 Å². The van der Waals surface area contributed by atoms with Crippen molar-refractivity contribution < 1.29 is 13.2 Å². The number of hydrogen-bond donors (Lipinski definition) is 0. The summed E-state index contributed by atoms with van der Waals surface area (Å²) in [7, 11) is 0. The van der Waals surface area contributed by atoms with Crippen LogP contribution in [0.3, 0.4) is 0 Å². The maximum atomic E-state index is 13.5. The van der Waals surface area contributed by atoms with Gasteiger partial charge in [0.15, 0.2) is 17.5 Å². The quantitative estimate of drug-likeness (QED) is 0.567. The highest BCUT2D eigenvalue weighted by atomic mass is 19.2. The Morgan fingerprint density at radius 1 is 0.800 bits per heavy atom. The molecule has 0 N–H and O–H groups in total. The van der Waals surface area contributed by atoms with Gasteiger partial charge in [-0.3, -0.25) is 4.98 Å². The monoisotopic (exact) mass is 340 g/mol. The molecule has 7 heteroatoms.